The number of amides is 1. The molecular weight excluding hydrogens is 162 g/mol. The molecule has 0 spiro atoms. The van der Waals surface area contributed by atoms with Crippen LogP contribution in [-0.4, -0.2) is 5.91 Å². The molecule has 0 aliphatic heterocycles. The lowest BCUT2D eigenvalue weighted by molar-refractivity contribution is 0.0992. The van der Waals surface area contributed by atoms with Crippen molar-refractivity contribution in [1.29, 1.82) is 0 Å². The average Bonchev–Trinajstić information content (AvgIpc) is 2.05. The Morgan fingerprint density at radius 1 is 1.36 bits per heavy atom. The van der Waals surface area contributed by atoms with E-state index in [4.69, 9.17) is 17.3 Å². The van der Waals surface area contributed by atoms with Crippen LogP contribution in [0.4, 0.5) is 0 Å². The molecule has 0 unspecified atom stereocenters. The van der Waals surface area contributed by atoms with Gasteiger partial charge >= 0.3 is 0 Å². The van der Waals surface area contributed by atoms with Crippen LogP contribution >= 0.6 is 11.6 Å². The quantitative estimate of drug-likeness (QED) is 0.622. The lowest BCUT2D eigenvalue weighted by Crippen LogP contribution is -1.97. The summed E-state index contributed by atoms with van der Waals surface area (Å²) in [6.45, 7) is 0. The number of carbonyl (C=O) groups is 1. The van der Waals surface area contributed by atoms with Gasteiger partial charge in [-0.1, -0.05) is 12.1 Å². The second-order valence-electron chi connectivity index (χ2n) is 2.16. The van der Waals surface area contributed by atoms with Gasteiger partial charge in [0.15, 0.2) is 0 Å². The summed E-state index contributed by atoms with van der Waals surface area (Å²) in [5.41, 5.74) is 8.13. The molecule has 1 N–H and O–H groups in total. The Balaban J connectivity index is 2.91. The summed E-state index contributed by atoms with van der Waals surface area (Å²) in [5, 5.41) is 0. The summed E-state index contributed by atoms with van der Waals surface area (Å²) in [5.74, 6) is -0.224. The minimum atomic E-state index is -0.661. The Kier molecular flexibility index (Phi) is 2.49. The molecule has 11 heavy (non-hydrogen) atoms. The summed E-state index contributed by atoms with van der Waals surface area (Å²) in [6, 6.07) is 6.70. The molecule has 0 atom stereocenters. The fraction of sp³-hybridized carbons (Fsp3) is 0.125. The molecule has 1 radical (unpaired) electrons. The van der Waals surface area contributed by atoms with Crippen molar-refractivity contribution in [3.05, 3.63) is 35.4 Å². The Labute approximate surface area is 70.0 Å². The zero-order valence-corrected chi connectivity index (χ0v) is 6.56. The molecule has 0 bridgehead atoms. The first-order valence-corrected chi connectivity index (χ1v) is 3.68. The highest BCUT2D eigenvalue weighted by molar-refractivity contribution is 6.17. The van der Waals surface area contributed by atoms with E-state index in [-0.39, 0.29) is 0 Å². The SMILES string of the molecule is [NH]C(=O)c1ccc(CCl)cc1. The van der Waals surface area contributed by atoms with Crippen LogP contribution < -0.4 is 5.73 Å². The number of hydrogen-bond donors (Lipinski definition) is 0. The van der Waals surface area contributed by atoms with Crippen molar-refractivity contribution in [2.45, 2.75) is 5.88 Å². The molecule has 3 heteroatoms. The molecule has 0 heterocycles. The highest BCUT2D eigenvalue weighted by atomic mass is 35.5. The van der Waals surface area contributed by atoms with Crippen molar-refractivity contribution >= 4 is 17.5 Å². The maximum absolute atomic E-state index is 10.5. The summed E-state index contributed by atoms with van der Waals surface area (Å²) in [4.78, 5) is 10.5. The van der Waals surface area contributed by atoms with E-state index >= 15 is 0 Å². The Hall–Kier alpha value is -1.02. The van der Waals surface area contributed by atoms with Gasteiger partial charge < -0.3 is 0 Å². The van der Waals surface area contributed by atoms with Crippen molar-refractivity contribution in [2.24, 2.45) is 0 Å². The van der Waals surface area contributed by atoms with Gasteiger partial charge in [-0.05, 0) is 17.7 Å². The molecule has 1 aromatic carbocycles. The highest BCUT2D eigenvalue weighted by Gasteiger charge is 1.98. The molecule has 1 amide bonds. The van der Waals surface area contributed by atoms with Crippen molar-refractivity contribution < 1.29 is 4.79 Å². The summed E-state index contributed by atoms with van der Waals surface area (Å²) < 4.78 is 0. The molecule has 57 valence electrons. The third kappa shape index (κ3) is 1.95. The molecule has 2 nitrogen and oxygen atoms in total. The fourth-order valence-corrected chi connectivity index (χ4v) is 0.923. The molecule has 0 aliphatic carbocycles. The van der Waals surface area contributed by atoms with Crippen LogP contribution in [0.1, 0.15) is 15.9 Å². The van der Waals surface area contributed by atoms with E-state index in [1.54, 1.807) is 24.3 Å². The zero-order valence-electron chi connectivity index (χ0n) is 5.80. The third-order valence-corrected chi connectivity index (χ3v) is 1.68. The zero-order chi connectivity index (χ0) is 8.27. The largest absolute Gasteiger partial charge is 0.269 e. The molecule has 1 rings (SSSR count). The number of hydrogen-bond acceptors (Lipinski definition) is 1. The van der Waals surface area contributed by atoms with Crippen molar-refractivity contribution in [3.63, 3.8) is 0 Å². The monoisotopic (exact) mass is 168 g/mol. The van der Waals surface area contributed by atoms with Gasteiger partial charge in [0.2, 0.25) is 0 Å². The molecule has 0 saturated heterocycles. The Morgan fingerprint density at radius 3 is 2.27 bits per heavy atom. The van der Waals surface area contributed by atoms with Crippen LogP contribution in [0.5, 0.6) is 0 Å². The van der Waals surface area contributed by atoms with E-state index in [9.17, 15) is 4.79 Å². The fourth-order valence-electron chi connectivity index (χ4n) is 0.745. The van der Waals surface area contributed by atoms with E-state index in [0.29, 0.717) is 11.4 Å². The predicted octanol–water partition coefficient (Wildman–Crippen LogP) is 1.85. The topological polar surface area (TPSA) is 40.9 Å². The van der Waals surface area contributed by atoms with Gasteiger partial charge in [0, 0.05) is 11.4 Å². The van der Waals surface area contributed by atoms with Gasteiger partial charge in [-0.2, -0.15) is 0 Å². The maximum Gasteiger partial charge on any atom is 0.269 e. The van der Waals surface area contributed by atoms with Crippen LogP contribution in [0.15, 0.2) is 24.3 Å². The van der Waals surface area contributed by atoms with Crippen molar-refractivity contribution in [2.75, 3.05) is 0 Å². The Bertz CT molecular complexity index is 255. The summed E-state index contributed by atoms with van der Waals surface area (Å²) in [7, 11) is 0. The first kappa shape index (κ1) is 8.08. The standard InChI is InChI=1S/C8H7ClNO/c9-5-6-1-3-7(4-2-6)8(10)11/h1-4,10H,5H2. The van der Waals surface area contributed by atoms with E-state index < -0.39 is 5.91 Å². The van der Waals surface area contributed by atoms with E-state index in [2.05, 4.69) is 0 Å². The maximum atomic E-state index is 10.5. The second-order valence-corrected chi connectivity index (χ2v) is 2.43. The predicted molar refractivity (Wildman–Crippen MR) is 43.4 cm³/mol. The van der Waals surface area contributed by atoms with Crippen LogP contribution in [0.25, 0.3) is 0 Å². The molecular formula is C8H7ClNO. The van der Waals surface area contributed by atoms with E-state index in [1.807, 2.05) is 0 Å². The number of alkyl halides is 1. The first-order valence-electron chi connectivity index (χ1n) is 3.15. The highest BCUT2D eigenvalue weighted by Crippen LogP contribution is 2.06. The minimum absolute atomic E-state index is 0.402. The molecule has 0 aromatic heterocycles. The third-order valence-electron chi connectivity index (χ3n) is 1.37. The molecule has 0 fully saturated rings. The van der Waals surface area contributed by atoms with Gasteiger partial charge in [-0.3, -0.25) is 10.5 Å². The number of rotatable bonds is 2. The average molecular weight is 169 g/mol. The van der Waals surface area contributed by atoms with Gasteiger partial charge in [-0.25, -0.2) is 0 Å². The van der Waals surface area contributed by atoms with Crippen LogP contribution in [-0.2, 0) is 5.88 Å². The number of halogens is 1. The van der Waals surface area contributed by atoms with E-state index in [1.165, 1.54) is 0 Å². The lowest BCUT2D eigenvalue weighted by Gasteiger charge is -1.95. The summed E-state index contributed by atoms with van der Waals surface area (Å²) >= 11 is 5.53. The Morgan fingerprint density at radius 2 is 1.91 bits per heavy atom. The van der Waals surface area contributed by atoms with Crippen LogP contribution in [0, 0.1) is 0 Å². The number of benzene rings is 1. The van der Waals surface area contributed by atoms with Gasteiger partial charge in [0.05, 0.1) is 0 Å². The first-order chi connectivity index (χ1) is 5.24. The van der Waals surface area contributed by atoms with E-state index in [0.717, 1.165) is 5.56 Å². The van der Waals surface area contributed by atoms with Crippen molar-refractivity contribution in [3.8, 4) is 0 Å². The molecule has 1 aromatic rings. The normalized spacial score (nSPS) is 9.55. The number of carbonyl (C=O) groups excluding carboxylic acids is 1. The second kappa shape index (κ2) is 3.39. The number of nitrogens with one attached hydrogen (secondary N) is 1. The van der Waals surface area contributed by atoms with Crippen molar-refractivity contribution in [1.82, 2.24) is 5.73 Å². The molecule has 0 aliphatic rings. The van der Waals surface area contributed by atoms with Crippen LogP contribution in [0.2, 0.25) is 0 Å². The van der Waals surface area contributed by atoms with Gasteiger partial charge in [0.25, 0.3) is 5.91 Å². The molecule has 0 saturated carbocycles. The smallest absolute Gasteiger partial charge is 0.267 e. The lowest BCUT2D eigenvalue weighted by atomic mass is 10.1. The van der Waals surface area contributed by atoms with Crippen LogP contribution in [0.3, 0.4) is 0 Å². The van der Waals surface area contributed by atoms with Gasteiger partial charge in [0.1, 0.15) is 0 Å². The van der Waals surface area contributed by atoms with Gasteiger partial charge in [-0.15, -0.1) is 11.6 Å². The summed E-state index contributed by atoms with van der Waals surface area (Å²) in [6.07, 6.45) is 0. The minimum Gasteiger partial charge on any atom is -0.267 e.